The van der Waals surface area contributed by atoms with Gasteiger partial charge in [0, 0.05) is 0 Å². The van der Waals surface area contributed by atoms with Gasteiger partial charge >= 0.3 is 0 Å². The highest BCUT2D eigenvalue weighted by Crippen LogP contribution is 2.32. The van der Waals surface area contributed by atoms with Crippen molar-refractivity contribution < 1.29 is 9.90 Å². The summed E-state index contributed by atoms with van der Waals surface area (Å²) >= 11 is 1.44. The molecular formula is C13H19NO2S. The smallest absolute Gasteiger partial charge is 0.261 e. The van der Waals surface area contributed by atoms with Crippen molar-refractivity contribution in [2.75, 3.05) is 6.61 Å². The lowest BCUT2D eigenvalue weighted by Crippen LogP contribution is -2.53. The maximum Gasteiger partial charge on any atom is 0.261 e. The second-order valence-electron chi connectivity index (χ2n) is 5.07. The van der Waals surface area contributed by atoms with Crippen LogP contribution in [0.1, 0.15) is 42.3 Å². The van der Waals surface area contributed by atoms with Gasteiger partial charge in [-0.25, -0.2) is 0 Å². The Balaban J connectivity index is 2.06. The molecule has 17 heavy (non-hydrogen) atoms. The van der Waals surface area contributed by atoms with E-state index in [2.05, 4.69) is 12.2 Å². The molecule has 0 spiro atoms. The van der Waals surface area contributed by atoms with Gasteiger partial charge in [0.15, 0.2) is 0 Å². The Morgan fingerprint density at radius 1 is 1.71 bits per heavy atom. The zero-order valence-corrected chi connectivity index (χ0v) is 10.9. The van der Waals surface area contributed by atoms with Gasteiger partial charge in [0.2, 0.25) is 0 Å². The fraction of sp³-hybridized carbons (Fsp3) is 0.615. The second-order valence-corrected chi connectivity index (χ2v) is 6.02. The number of aliphatic hydroxyl groups is 1. The quantitative estimate of drug-likeness (QED) is 0.869. The minimum Gasteiger partial charge on any atom is -0.394 e. The van der Waals surface area contributed by atoms with E-state index < -0.39 is 5.54 Å². The Kier molecular flexibility index (Phi) is 3.84. The molecule has 0 aliphatic heterocycles. The standard InChI is InChI=1S/C13H19NO2S/c1-10-4-2-6-13(8-10,9-15)14-12(16)11-5-3-7-17-11/h3,5,7,10,15H,2,4,6,8-9H2,1H3,(H,14,16). The molecule has 1 fully saturated rings. The van der Waals surface area contributed by atoms with Crippen LogP contribution < -0.4 is 5.32 Å². The molecule has 1 amide bonds. The van der Waals surface area contributed by atoms with E-state index in [9.17, 15) is 9.90 Å². The zero-order chi connectivity index (χ0) is 12.3. The summed E-state index contributed by atoms with van der Waals surface area (Å²) in [5.41, 5.74) is -0.404. The van der Waals surface area contributed by atoms with Crippen molar-refractivity contribution in [3.8, 4) is 0 Å². The molecule has 2 atom stereocenters. The van der Waals surface area contributed by atoms with Gasteiger partial charge in [-0.15, -0.1) is 11.3 Å². The summed E-state index contributed by atoms with van der Waals surface area (Å²) < 4.78 is 0. The fourth-order valence-corrected chi connectivity index (χ4v) is 3.29. The number of hydrogen-bond donors (Lipinski definition) is 2. The van der Waals surface area contributed by atoms with Gasteiger partial charge in [-0.05, 0) is 30.2 Å². The lowest BCUT2D eigenvalue weighted by Gasteiger charge is -2.39. The Bertz CT molecular complexity index is 377. The Morgan fingerprint density at radius 2 is 2.53 bits per heavy atom. The molecule has 1 aromatic heterocycles. The van der Waals surface area contributed by atoms with Gasteiger partial charge in [-0.2, -0.15) is 0 Å². The fourth-order valence-electron chi connectivity index (χ4n) is 2.67. The molecule has 1 aliphatic rings. The average Bonchev–Trinajstić information content (AvgIpc) is 2.82. The summed E-state index contributed by atoms with van der Waals surface area (Å²) in [6.45, 7) is 2.22. The molecule has 3 nitrogen and oxygen atoms in total. The van der Waals surface area contributed by atoms with Crippen LogP contribution in [0.5, 0.6) is 0 Å². The van der Waals surface area contributed by atoms with E-state index in [1.54, 1.807) is 0 Å². The normalized spacial score (nSPS) is 28.9. The van der Waals surface area contributed by atoms with Crippen molar-refractivity contribution in [1.82, 2.24) is 5.32 Å². The maximum atomic E-state index is 12.0. The second kappa shape index (κ2) is 5.19. The summed E-state index contributed by atoms with van der Waals surface area (Å²) in [6.07, 6.45) is 4.02. The van der Waals surface area contributed by atoms with Gasteiger partial charge in [0.05, 0.1) is 17.0 Å². The molecular weight excluding hydrogens is 234 g/mol. The zero-order valence-electron chi connectivity index (χ0n) is 10.1. The Labute approximate surface area is 106 Å². The van der Waals surface area contributed by atoms with Crippen LogP contribution in [0.25, 0.3) is 0 Å². The molecule has 0 aromatic carbocycles. The van der Waals surface area contributed by atoms with Crippen LogP contribution in [0.3, 0.4) is 0 Å². The monoisotopic (exact) mass is 253 g/mol. The lowest BCUT2D eigenvalue weighted by molar-refractivity contribution is 0.0700. The number of amides is 1. The first-order valence-electron chi connectivity index (χ1n) is 6.12. The summed E-state index contributed by atoms with van der Waals surface area (Å²) in [5.74, 6) is 0.516. The van der Waals surface area contributed by atoms with Gasteiger partial charge in [-0.3, -0.25) is 4.79 Å². The number of hydrogen-bond acceptors (Lipinski definition) is 3. The Hall–Kier alpha value is -0.870. The predicted molar refractivity (Wildman–Crippen MR) is 69.2 cm³/mol. The SMILES string of the molecule is CC1CCCC(CO)(NC(=O)c2cccs2)C1. The van der Waals surface area contributed by atoms with Crippen molar-refractivity contribution in [2.24, 2.45) is 5.92 Å². The van der Waals surface area contributed by atoms with E-state index in [1.807, 2.05) is 17.5 Å². The summed E-state index contributed by atoms with van der Waals surface area (Å²) in [7, 11) is 0. The first-order chi connectivity index (χ1) is 8.15. The molecule has 1 heterocycles. The van der Waals surface area contributed by atoms with E-state index in [0.29, 0.717) is 5.92 Å². The first kappa shape index (κ1) is 12.6. The molecule has 0 bridgehead atoms. The van der Waals surface area contributed by atoms with E-state index in [4.69, 9.17) is 0 Å². The molecule has 2 rings (SSSR count). The minimum absolute atomic E-state index is 0.0362. The third-order valence-electron chi connectivity index (χ3n) is 3.52. The molecule has 2 unspecified atom stereocenters. The molecule has 4 heteroatoms. The summed E-state index contributed by atoms with van der Waals surface area (Å²) in [4.78, 5) is 12.8. The average molecular weight is 253 g/mol. The van der Waals surface area contributed by atoms with Crippen LogP contribution >= 0.6 is 11.3 Å². The molecule has 94 valence electrons. The van der Waals surface area contributed by atoms with Crippen LogP contribution in [0, 0.1) is 5.92 Å². The third kappa shape index (κ3) is 2.87. The van der Waals surface area contributed by atoms with E-state index in [1.165, 1.54) is 17.8 Å². The van der Waals surface area contributed by atoms with Crippen LogP contribution in [-0.4, -0.2) is 23.2 Å². The lowest BCUT2D eigenvalue weighted by atomic mass is 9.77. The number of carbonyl (C=O) groups is 1. The van der Waals surface area contributed by atoms with Gasteiger partial charge < -0.3 is 10.4 Å². The largest absolute Gasteiger partial charge is 0.394 e. The van der Waals surface area contributed by atoms with Crippen molar-refractivity contribution >= 4 is 17.2 Å². The number of rotatable bonds is 3. The topological polar surface area (TPSA) is 49.3 Å². The van der Waals surface area contributed by atoms with E-state index in [0.717, 1.165) is 24.1 Å². The van der Waals surface area contributed by atoms with E-state index in [-0.39, 0.29) is 12.5 Å². The van der Waals surface area contributed by atoms with Gasteiger partial charge in [0.25, 0.3) is 5.91 Å². The molecule has 0 radical (unpaired) electrons. The first-order valence-corrected chi connectivity index (χ1v) is 7.00. The van der Waals surface area contributed by atoms with Gasteiger partial charge in [-0.1, -0.05) is 25.8 Å². The number of aliphatic hydroxyl groups excluding tert-OH is 1. The third-order valence-corrected chi connectivity index (χ3v) is 4.39. The Morgan fingerprint density at radius 3 is 3.12 bits per heavy atom. The molecule has 2 N–H and O–H groups in total. The maximum absolute atomic E-state index is 12.0. The molecule has 1 saturated carbocycles. The molecule has 0 saturated heterocycles. The number of carbonyl (C=O) groups excluding carboxylic acids is 1. The van der Waals surface area contributed by atoms with Crippen LogP contribution in [-0.2, 0) is 0 Å². The minimum atomic E-state index is -0.404. The molecule has 1 aliphatic carbocycles. The van der Waals surface area contributed by atoms with Gasteiger partial charge in [0.1, 0.15) is 0 Å². The van der Waals surface area contributed by atoms with Crippen molar-refractivity contribution in [3.05, 3.63) is 22.4 Å². The van der Waals surface area contributed by atoms with Crippen LogP contribution in [0.2, 0.25) is 0 Å². The van der Waals surface area contributed by atoms with Crippen LogP contribution in [0.15, 0.2) is 17.5 Å². The highest BCUT2D eigenvalue weighted by molar-refractivity contribution is 7.12. The van der Waals surface area contributed by atoms with Crippen LogP contribution in [0.4, 0.5) is 0 Å². The molecule has 1 aromatic rings. The highest BCUT2D eigenvalue weighted by atomic mass is 32.1. The highest BCUT2D eigenvalue weighted by Gasteiger charge is 2.36. The van der Waals surface area contributed by atoms with Crippen molar-refractivity contribution in [2.45, 2.75) is 38.1 Å². The predicted octanol–water partition coefficient (Wildman–Crippen LogP) is 2.42. The number of thiophene rings is 1. The number of nitrogens with one attached hydrogen (secondary N) is 1. The van der Waals surface area contributed by atoms with Crippen molar-refractivity contribution in [1.29, 1.82) is 0 Å². The summed E-state index contributed by atoms with van der Waals surface area (Å²) in [6, 6.07) is 3.69. The van der Waals surface area contributed by atoms with Crippen molar-refractivity contribution in [3.63, 3.8) is 0 Å². The van der Waals surface area contributed by atoms with E-state index >= 15 is 0 Å². The summed E-state index contributed by atoms with van der Waals surface area (Å²) in [5, 5.41) is 14.5.